The van der Waals surface area contributed by atoms with Crippen molar-refractivity contribution in [2.24, 2.45) is 28.2 Å². The van der Waals surface area contributed by atoms with Gasteiger partial charge in [-0.1, -0.05) is 18.2 Å². The monoisotopic (exact) mass is 640 g/mol. The van der Waals surface area contributed by atoms with E-state index in [1.54, 1.807) is 18.2 Å². The molecule has 244 valence electrons. The van der Waals surface area contributed by atoms with E-state index in [1.165, 1.54) is 6.21 Å². The minimum atomic E-state index is -0.889. The molecule has 0 radical (unpaired) electrons. The Kier molecular flexibility index (Phi) is 8.87. The molecule has 0 amide bonds. The zero-order valence-electron chi connectivity index (χ0n) is 26.0. The topological polar surface area (TPSA) is 131 Å². The van der Waals surface area contributed by atoms with Gasteiger partial charge in [0.1, 0.15) is 12.4 Å². The van der Waals surface area contributed by atoms with Crippen LogP contribution in [0.15, 0.2) is 84.2 Å². The summed E-state index contributed by atoms with van der Waals surface area (Å²) < 4.78 is 34.1. The fourth-order valence-electron chi connectivity index (χ4n) is 7.35. The van der Waals surface area contributed by atoms with Gasteiger partial charge in [-0.25, -0.2) is 18.8 Å². The molecule has 1 aliphatic heterocycles. The van der Waals surface area contributed by atoms with Crippen molar-refractivity contribution >= 4 is 35.1 Å². The summed E-state index contributed by atoms with van der Waals surface area (Å²) in [7, 11) is 0. The first-order chi connectivity index (χ1) is 22.7. The van der Waals surface area contributed by atoms with Gasteiger partial charge in [0.05, 0.1) is 23.3 Å². The number of aliphatic imine (C=N–C) groups is 1. The minimum absolute atomic E-state index is 0.0644. The summed E-state index contributed by atoms with van der Waals surface area (Å²) in [4.78, 5) is 25.3. The van der Waals surface area contributed by atoms with E-state index in [-0.39, 0.29) is 52.9 Å². The molecule has 1 saturated heterocycles. The number of hydrogen-bond acceptors (Lipinski definition) is 7. The van der Waals surface area contributed by atoms with Crippen LogP contribution in [0.4, 0.5) is 14.5 Å². The summed E-state index contributed by atoms with van der Waals surface area (Å²) in [6.45, 7) is 13.9. The standard InChI is InChI=1S/C35H38F2N8O2/c1-4-23-18-44(12-11-40-23)34(43-29-14-21-13-27(26(29)17-38)35(21,5-2)6-3)41-24-8-9-25-30(16-24)42-32(45(20-39)33(25)46)19-47-31-10-7-22(36)15-28(31)37/h4-10,15-17,20-21,23,26-27,29,38-40H,1-3,11-14,18-19H2,(H,41,43)/t21-,23+,26+,27+,29+/m1/s1. The first-order valence-electron chi connectivity index (χ1n) is 15.6. The lowest BCUT2D eigenvalue weighted by molar-refractivity contribution is -0.0473. The van der Waals surface area contributed by atoms with Gasteiger partial charge in [0, 0.05) is 55.0 Å². The number of rotatable bonds is 10. The van der Waals surface area contributed by atoms with Crippen LogP contribution in [0.1, 0.15) is 18.7 Å². The summed E-state index contributed by atoms with van der Waals surface area (Å²) in [6, 6.07) is 8.00. The molecule has 4 aliphatic rings. The third-order valence-electron chi connectivity index (χ3n) is 9.91. The second-order valence-electron chi connectivity index (χ2n) is 12.2. The van der Waals surface area contributed by atoms with Crippen LogP contribution in [-0.2, 0) is 6.61 Å². The van der Waals surface area contributed by atoms with Crippen LogP contribution < -0.4 is 20.9 Å². The fourth-order valence-corrected chi connectivity index (χ4v) is 7.35. The molecular formula is C35H38F2N8O2. The molecule has 2 aromatic carbocycles. The lowest BCUT2D eigenvalue weighted by atomic mass is 9.43. The number of allylic oxidation sites excluding steroid dienone is 2. The highest BCUT2D eigenvalue weighted by molar-refractivity contribution is 5.96. The van der Waals surface area contributed by atoms with Crippen LogP contribution >= 0.6 is 0 Å². The van der Waals surface area contributed by atoms with Crippen LogP contribution in [0.5, 0.6) is 5.75 Å². The molecule has 3 saturated carbocycles. The van der Waals surface area contributed by atoms with Crippen molar-refractivity contribution in [3.8, 4) is 5.75 Å². The number of anilines is 1. The molecule has 10 nitrogen and oxygen atoms in total. The number of fused-ring (bicyclic) bond motifs is 3. The summed E-state index contributed by atoms with van der Waals surface area (Å²) in [6.07, 6.45) is 10.0. The third kappa shape index (κ3) is 5.78. The van der Waals surface area contributed by atoms with Crippen molar-refractivity contribution in [1.82, 2.24) is 19.8 Å². The highest BCUT2D eigenvalue weighted by Gasteiger charge is 2.59. The maximum Gasteiger partial charge on any atom is 0.266 e. The third-order valence-corrected chi connectivity index (χ3v) is 9.91. The molecule has 3 aliphatic carbocycles. The molecule has 5 atom stereocenters. The molecule has 1 aromatic heterocycles. The predicted molar refractivity (Wildman–Crippen MR) is 181 cm³/mol. The van der Waals surface area contributed by atoms with Crippen molar-refractivity contribution in [2.45, 2.75) is 31.5 Å². The van der Waals surface area contributed by atoms with Crippen LogP contribution in [0.3, 0.4) is 0 Å². The Morgan fingerprint density at radius 2 is 1.98 bits per heavy atom. The molecule has 3 aromatic rings. The molecule has 2 heterocycles. The van der Waals surface area contributed by atoms with Gasteiger partial charge >= 0.3 is 0 Å². The van der Waals surface area contributed by atoms with Crippen LogP contribution in [-0.4, -0.2) is 64.7 Å². The fraction of sp³-hybridized carbons (Fsp3) is 0.343. The maximum atomic E-state index is 14.2. The van der Waals surface area contributed by atoms with Crippen molar-refractivity contribution in [1.29, 1.82) is 10.8 Å². The second-order valence-corrected chi connectivity index (χ2v) is 12.2. The van der Waals surface area contributed by atoms with E-state index < -0.39 is 17.2 Å². The van der Waals surface area contributed by atoms with Crippen molar-refractivity contribution in [3.63, 3.8) is 0 Å². The number of piperazine rings is 1. The Morgan fingerprint density at radius 1 is 1.17 bits per heavy atom. The first kappa shape index (κ1) is 32.0. The molecule has 0 unspecified atom stereocenters. The smallest absolute Gasteiger partial charge is 0.266 e. The van der Waals surface area contributed by atoms with Crippen molar-refractivity contribution < 1.29 is 13.5 Å². The number of ether oxygens (including phenoxy) is 1. The molecule has 12 heteroatoms. The Labute approximate surface area is 271 Å². The van der Waals surface area contributed by atoms with Crippen LogP contribution in [0.25, 0.3) is 10.9 Å². The molecule has 7 rings (SSSR count). The largest absolute Gasteiger partial charge is 0.483 e. The summed E-state index contributed by atoms with van der Waals surface area (Å²) in [5.41, 5.74) is 0.322. The van der Waals surface area contributed by atoms with Gasteiger partial charge in [0.15, 0.2) is 23.4 Å². The van der Waals surface area contributed by atoms with Gasteiger partial charge in [-0.15, -0.1) is 19.7 Å². The SMILES string of the molecule is C=C[C@H]1CN(C(=N[C@H]2C[C@H]3C[C@@H]([C@@H]2C=N)C3(C=C)C=C)Nc2ccc3c(=O)n(C=N)c(COc4ccc(F)cc4F)nc3c2)CCN1. The molecular weight excluding hydrogens is 602 g/mol. The van der Waals surface area contributed by atoms with Gasteiger partial charge in [-0.3, -0.25) is 14.8 Å². The molecule has 2 bridgehead atoms. The maximum absolute atomic E-state index is 14.2. The normalized spacial score (nSPS) is 24.9. The lowest BCUT2D eigenvalue weighted by Crippen LogP contribution is -2.59. The summed E-state index contributed by atoms with van der Waals surface area (Å²) >= 11 is 0. The zero-order chi connectivity index (χ0) is 33.3. The van der Waals surface area contributed by atoms with Gasteiger partial charge in [-0.2, -0.15) is 0 Å². The van der Waals surface area contributed by atoms with Gasteiger partial charge in [-0.05, 0) is 55.0 Å². The molecule has 4 fully saturated rings. The second kappa shape index (κ2) is 13.0. The van der Waals surface area contributed by atoms with E-state index in [4.69, 9.17) is 20.5 Å². The van der Waals surface area contributed by atoms with Gasteiger partial charge < -0.3 is 25.7 Å². The van der Waals surface area contributed by atoms with E-state index >= 15 is 0 Å². The quantitative estimate of drug-likeness (QED) is 0.141. The number of guanidine groups is 1. The Hall–Kier alpha value is -4.97. The number of nitrogens with zero attached hydrogens (tertiary/aromatic N) is 4. The van der Waals surface area contributed by atoms with Crippen LogP contribution in [0, 0.1) is 45.6 Å². The number of benzene rings is 2. The first-order valence-corrected chi connectivity index (χ1v) is 15.6. The lowest BCUT2D eigenvalue weighted by Gasteiger charge is -2.61. The number of halogens is 2. The zero-order valence-corrected chi connectivity index (χ0v) is 26.0. The van der Waals surface area contributed by atoms with Gasteiger partial charge in [0.2, 0.25) is 0 Å². The number of hydrogen-bond donors (Lipinski definition) is 4. The minimum Gasteiger partial charge on any atom is -0.483 e. The van der Waals surface area contributed by atoms with Crippen molar-refractivity contribution in [2.75, 3.05) is 25.0 Å². The van der Waals surface area contributed by atoms with Crippen molar-refractivity contribution in [3.05, 3.63) is 102 Å². The van der Waals surface area contributed by atoms with E-state index in [0.29, 0.717) is 42.2 Å². The highest BCUT2D eigenvalue weighted by Crippen LogP contribution is 2.63. The van der Waals surface area contributed by atoms with E-state index in [9.17, 15) is 13.6 Å². The predicted octanol–water partition coefficient (Wildman–Crippen LogP) is 4.97. The van der Waals surface area contributed by atoms with E-state index in [1.807, 2.05) is 18.2 Å². The molecule has 4 N–H and O–H groups in total. The van der Waals surface area contributed by atoms with E-state index in [2.05, 4.69) is 40.3 Å². The Bertz CT molecular complexity index is 1830. The molecule has 47 heavy (non-hydrogen) atoms. The summed E-state index contributed by atoms with van der Waals surface area (Å²) in [5, 5.41) is 23.3. The van der Waals surface area contributed by atoms with Crippen LogP contribution in [0.2, 0.25) is 0 Å². The number of aromatic nitrogens is 2. The highest BCUT2D eigenvalue weighted by atomic mass is 19.1. The Balaban J connectivity index is 1.33. The van der Waals surface area contributed by atoms with Gasteiger partial charge in [0.25, 0.3) is 5.56 Å². The average Bonchev–Trinajstić information content (AvgIpc) is 3.08. The molecule has 0 spiro atoms. The number of nitrogens with one attached hydrogen (secondary N) is 4. The average molecular weight is 641 g/mol. The van der Waals surface area contributed by atoms with E-state index in [0.717, 1.165) is 42.4 Å². The summed E-state index contributed by atoms with van der Waals surface area (Å²) in [5.74, 6) is -0.594. The Morgan fingerprint density at radius 3 is 2.68 bits per heavy atom.